The first-order valence-corrected chi connectivity index (χ1v) is 0. The predicted molar refractivity (Wildman–Crippen MR) is 5.75 cm³/mol. The molecule has 0 rings (SSSR count). The van der Waals surface area contributed by atoms with Crippen molar-refractivity contribution in [1.29, 1.82) is 0 Å². The maximum Gasteiger partial charge on any atom is 0 e. The average molecular weight is 760 g/mol. The fourth-order valence-electron chi connectivity index (χ4n) is 0. The average Bonchev–Trinajstić information content (AvgIpc) is 0. The van der Waals surface area contributed by atoms with E-state index in [-0.39, 0.29) is 107 Å². The molecule has 0 aromatic carbocycles. The fraction of sp³-hybridized carbons (Fsp3) is 0. The van der Waals surface area contributed by atoms with Crippen LogP contribution in [0.25, 0.3) is 0 Å². The summed E-state index contributed by atoms with van der Waals surface area (Å²) in [5, 5.41) is 0. The normalized spacial score (nSPS) is 0. The van der Waals surface area contributed by atoms with E-state index in [2.05, 4.69) is 0 Å². The van der Waals surface area contributed by atoms with Crippen molar-refractivity contribution in [2.75, 3.05) is 0 Å². The Hall–Kier alpha value is 3.52. The van der Waals surface area contributed by atoms with Crippen LogP contribution in [0, 0.1) is 0 Å². The summed E-state index contributed by atoms with van der Waals surface area (Å²) in [6, 6.07) is 0. The summed E-state index contributed by atoms with van der Waals surface area (Å²) < 4.78 is 0. The van der Waals surface area contributed by atoms with Gasteiger partial charge in [0.25, 0.3) is 0 Å². The van der Waals surface area contributed by atoms with Gasteiger partial charge in [0.1, 0.15) is 0 Å². The van der Waals surface area contributed by atoms with Gasteiger partial charge in [-0.1, -0.05) is 0 Å². The SMILES string of the molecule is [Mg].[W].[W].[W].[W]. The van der Waals surface area contributed by atoms with Gasteiger partial charge < -0.3 is 0 Å². The fourth-order valence-corrected chi connectivity index (χ4v) is 0. The van der Waals surface area contributed by atoms with Crippen LogP contribution in [0.2, 0.25) is 0 Å². The molecule has 0 atom stereocenters. The summed E-state index contributed by atoms with van der Waals surface area (Å²) in [4.78, 5) is 0. The molecular formula is MgW4. The third-order valence-corrected chi connectivity index (χ3v) is 0. The Bertz CT molecular complexity index is 3.61. The van der Waals surface area contributed by atoms with E-state index in [4.69, 9.17) is 0 Å². The molecule has 0 nitrogen and oxygen atoms in total. The number of rotatable bonds is 0. The molecule has 0 saturated carbocycles. The minimum absolute atomic E-state index is 0. The second-order valence-corrected chi connectivity index (χ2v) is 0. The Kier molecular flexibility index (Phi) is 201. The Morgan fingerprint density at radius 1 is 0.400 bits per heavy atom. The Labute approximate surface area is 105 Å². The minimum atomic E-state index is 0. The Balaban J connectivity index is 0. The van der Waals surface area contributed by atoms with E-state index < -0.39 is 0 Å². The van der Waals surface area contributed by atoms with Gasteiger partial charge in [-0.2, -0.15) is 0 Å². The zero-order valence-corrected chi connectivity index (χ0v) is 15.5. The van der Waals surface area contributed by atoms with Gasteiger partial charge in [0.2, 0.25) is 0 Å². The first kappa shape index (κ1) is 38.9. The standard InChI is InChI=1S/Mg.4W. The summed E-state index contributed by atoms with van der Waals surface area (Å²) >= 11 is 0. The van der Waals surface area contributed by atoms with Gasteiger partial charge in [0.05, 0.1) is 0 Å². The topological polar surface area (TPSA) is 0 Å². The van der Waals surface area contributed by atoms with Crippen LogP contribution in [0.1, 0.15) is 0 Å². The van der Waals surface area contributed by atoms with E-state index in [1.54, 1.807) is 0 Å². The van der Waals surface area contributed by atoms with Crippen LogP contribution in [-0.2, 0) is 84.3 Å². The van der Waals surface area contributed by atoms with Crippen LogP contribution in [0.4, 0.5) is 0 Å². The van der Waals surface area contributed by atoms with Gasteiger partial charge in [0.15, 0.2) is 0 Å². The summed E-state index contributed by atoms with van der Waals surface area (Å²) in [7, 11) is 0. The molecule has 0 N–H and O–H groups in total. The van der Waals surface area contributed by atoms with E-state index >= 15 is 0 Å². The molecule has 0 heterocycles. The molecule has 0 amide bonds. The van der Waals surface area contributed by atoms with Gasteiger partial charge in [-0.05, 0) is 0 Å². The van der Waals surface area contributed by atoms with Crippen molar-refractivity contribution < 1.29 is 84.3 Å². The number of hydrogen-bond acceptors (Lipinski definition) is 0. The second kappa shape index (κ2) is 25.8. The number of hydrogen-bond donors (Lipinski definition) is 0. The van der Waals surface area contributed by atoms with Gasteiger partial charge in [-0.25, -0.2) is 0 Å². The smallest absolute Gasteiger partial charge is 0 e. The van der Waals surface area contributed by atoms with Crippen molar-refractivity contribution in [2.45, 2.75) is 0 Å². The molecule has 26 valence electrons. The molecule has 0 aromatic heterocycles. The van der Waals surface area contributed by atoms with Crippen molar-refractivity contribution in [2.24, 2.45) is 0 Å². The molecule has 5 heteroatoms. The largest absolute Gasteiger partial charge is 0 e. The summed E-state index contributed by atoms with van der Waals surface area (Å²) in [5.74, 6) is 0. The summed E-state index contributed by atoms with van der Waals surface area (Å²) in [5.41, 5.74) is 0. The van der Waals surface area contributed by atoms with E-state index in [1.807, 2.05) is 0 Å². The molecule has 0 aliphatic carbocycles. The van der Waals surface area contributed by atoms with Crippen LogP contribution in [0.5, 0.6) is 0 Å². The Morgan fingerprint density at radius 3 is 0.400 bits per heavy atom. The summed E-state index contributed by atoms with van der Waals surface area (Å²) in [6.45, 7) is 0. The molecule has 0 unspecified atom stereocenters. The Morgan fingerprint density at radius 2 is 0.400 bits per heavy atom. The molecule has 5 heavy (non-hydrogen) atoms. The van der Waals surface area contributed by atoms with Crippen LogP contribution in [0.3, 0.4) is 0 Å². The molecule has 0 spiro atoms. The first-order valence-electron chi connectivity index (χ1n) is 0. The van der Waals surface area contributed by atoms with E-state index in [1.165, 1.54) is 0 Å². The molecule has 0 fully saturated rings. The van der Waals surface area contributed by atoms with Crippen molar-refractivity contribution >= 4 is 23.1 Å². The van der Waals surface area contributed by atoms with E-state index in [9.17, 15) is 0 Å². The molecule has 0 aliphatic heterocycles. The third-order valence-electron chi connectivity index (χ3n) is 0. The molecule has 0 aliphatic rings. The maximum atomic E-state index is 0. The molecule has 0 aromatic rings. The zero-order valence-electron chi connectivity index (χ0n) is 2.34. The first-order chi connectivity index (χ1) is 0. The predicted octanol–water partition coefficient (Wildman–Crippen LogP) is -0.391. The van der Waals surface area contributed by atoms with Crippen molar-refractivity contribution in [3.63, 3.8) is 0 Å². The van der Waals surface area contributed by atoms with Crippen molar-refractivity contribution in [1.82, 2.24) is 0 Å². The van der Waals surface area contributed by atoms with Gasteiger partial charge in [-0.3, -0.25) is 0 Å². The molecule has 0 bridgehead atoms. The second-order valence-electron chi connectivity index (χ2n) is 0. The van der Waals surface area contributed by atoms with Gasteiger partial charge in [0, 0.05) is 107 Å². The van der Waals surface area contributed by atoms with Crippen LogP contribution >= 0.6 is 0 Å². The monoisotopic (exact) mass is 760 g/mol. The zero-order chi connectivity index (χ0) is 0. The van der Waals surface area contributed by atoms with Crippen LogP contribution in [0.15, 0.2) is 0 Å². The molecular weight excluding hydrogens is 760 g/mol. The van der Waals surface area contributed by atoms with Gasteiger partial charge >= 0.3 is 0 Å². The van der Waals surface area contributed by atoms with E-state index in [0.717, 1.165) is 0 Å². The van der Waals surface area contributed by atoms with Crippen LogP contribution in [-0.4, -0.2) is 23.1 Å². The third kappa shape index (κ3) is 18.5. The minimum Gasteiger partial charge on any atom is 0 e. The van der Waals surface area contributed by atoms with Crippen molar-refractivity contribution in [3.8, 4) is 0 Å². The molecule has 0 saturated heterocycles. The van der Waals surface area contributed by atoms with E-state index in [0.29, 0.717) is 0 Å². The van der Waals surface area contributed by atoms with Crippen molar-refractivity contribution in [3.05, 3.63) is 0 Å². The van der Waals surface area contributed by atoms with Crippen LogP contribution < -0.4 is 0 Å². The van der Waals surface area contributed by atoms with Gasteiger partial charge in [-0.15, -0.1) is 0 Å². The maximum absolute atomic E-state index is 0. The quantitative estimate of drug-likeness (QED) is 0.296. The molecule has 2 radical (unpaired) electrons. The summed E-state index contributed by atoms with van der Waals surface area (Å²) in [6.07, 6.45) is 0.